The molecule has 0 radical (unpaired) electrons. The van der Waals surface area contributed by atoms with Gasteiger partial charge in [0.05, 0.1) is 24.0 Å². The fourth-order valence-electron chi connectivity index (χ4n) is 2.37. The van der Waals surface area contributed by atoms with Crippen LogP contribution in [0.4, 0.5) is 0 Å². The molecule has 2 aliphatic rings. The summed E-state index contributed by atoms with van der Waals surface area (Å²) in [6.45, 7) is 0.660. The van der Waals surface area contributed by atoms with E-state index in [4.69, 9.17) is 4.74 Å². The summed E-state index contributed by atoms with van der Waals surface area (Å²) in [6, 6.07) is 0. The maximum atomic E-state index is 12.0. The highest BCUT2D eigenvalue weighted by Crippen LogP contribution is 2.37. The first-order valence-corrected chi connectivity index (χ1v) is 7.03. The molecule has 0 saturated carbocycles. The van der Waals surface area contributed by atoms with E-state index >= 15 is 0 Å². The molecule has 5 heteroatoms. The summed E-state index contributed by atoms with van der Waals surface area (Å²) < 4.78 is 5.53. The number of alkyl halides is 1. The van der Waals surface area contributed by atoms with E-state index in [1.165, 1.54) is 0 Å². The second-order valence-electron chi connectivity index (χ2n) is 4.38. The van der Waals surface area contributed by atoms with Crippen molar-refractivity contribution in [2.24, 2.45) is 11.8 Å². The third-order valence-corrected chi connectivity index (χ3v) is 3.83. The van der Waals surface area contributed by atoms with Gasteiger partial charge in [-0.15, -0.1) is 0 Å². The second-order valence-corrected chi connectivity index (χ2v) is 5.17. The molecule has 0 aliphatic carbocycles. The minimum Gasteiger partial charge on any atom is -0.365 e. The molecule has 1 amide bonds. The van der Waals surface area contributed by atoms with Crippen molar-refractivity contribution in [3.05, 3.63) is 12.2 Å². The van der Waals surface area contributed by atoms with Gasteiger partial charge in [0.1, 0.15) is 6.29 Å². The fraction of sp³-hybridized carbons (Fsp3) is 0.667. The molecule has 4 atom stereocenters. The lowest BCUT2D eigenvalue weighted by molar-refractivity contribution is -0.129. The van der Waals surface area contributed by atoms with E-state index in [-0.39, 0.29) is 30.0 Å². The highest BCUT2D eigenvalue weighted by molar-refractivity contribution is 9.09. The maximum Gasteiger partial charge on any atom is 0.226 e. The third-order valence-electron chi connectivity index (χ3n) is 3.27. The van der Waals surface area contributed by atoms with Crippen LogP contribution in [0.1, 0.15) is 12.8 Å². The van der Waals surface area contributed by atoms with E-state index in [9.17, 15) is 9.59 Å². The summed E-state index contributed by atoms with van der Waals surface area (Å²) in [5.74, 6) is -0.721. The van der Waals surface area contributed by atoms with E-state index in [1.54, 1.807) is 0 Å². The topological polar surface area (TPSA) is 55.4 Å². The first-order chi connectivity index (χ1) is 8.27. The zero-order chi connectivity index (χ0) is 12.3. The third kappa shape index (κ3) is 2.60. The number of unbranched alkanes of at least 4 members (excludes halogenated alkanes) is 1. The Bertz CT molecular complexity index is 332. The van der Waals surface area contributed by atoms with Gasteiger partial charge in [0, 0.05) is 11.9 Å². The molecule has 2 bridgehead atoms. The predicted octanol–water partition coefficient (Wildman–Crippen LogP) is 1.05. The van der Waals surface area contributed by atoms with Crippen LogP contribution in [0, 0.1) is 11.8 Å². The Morgan fingerprint density at radius 1 is 1.35 bits per heavy atom. The van der Waals surface area contributed by atoms with Crippen molar-refractivity contribution in [1.82, 2.24) is 5.32 Å². The quantitative estimate of drug-likeness (QED) is 0.345. The molecule has 17 heavy (non-hydrogen) atoms. The number of hydrogen-bond donors (Lipinski definition) is 1. The molecular weight excluding hydrogens is 286 g/mol. The number of carbonyl (C=O) groups is 2. The van der Waals surface area contributed by atoms with E-state index in [0.29, 0.717) is 6.54 Å². The van der Waals surface area contributed by atoms with Crippen LogP contribution in [0.15, 0.2) is 12.2 Å². The molecule has 1 N–H and O–H groups in total. The first-order valence-electron chi connectivity index (χ1n) is 5.90. The highest BCUT2D eigenvalue weighted by Gasteiger charge is 2.49. The number of nitrogens with one attached hydrogen (secondary N) is 1. The van der Waals surface area contributed by atoms with Crippen LogP contribution >= 0.6 is 15.9 Å². The van der Waals surface area contributed by atoms with Gasteiger partial charge in [-0.1, -0.05) is 28.1 Å². The molecule has 0 spiro atoms. The van der Waals surface area contributed by atoms with E-state index < -0.39 is 0 Å². The molecule has 0 aromatic heterocycles. The zero-order valence-electron chi connectivity index (χ0n) is 9.47. The van der Waals surface area contributed by atoms with Gasteiger partial charge in [0.2, 0.25) is 5.91 Å². The van der Waals surface area contributed by atoms with Crippen molar-refractivity contribution in [3.63, 3.8) is 0 Å². The SMILES string of the molecule is O=CC1C2C=CC(O2)C1C(=O)NCCCCBr. The Morgan fingerprint density at radius 3 is 2.82 bits per heavy atom. The molecule has 94 valence electrons. The number of ether oxygens (including phenoxy) is 1. The normalized spacial score (nSPS) is 33.9. The Morgan fingerprint density at radius 2 is 2.12 bits per heavy atom. The lowest BCUT2D eigenvalue weighted by atomic mass is 9.83. The lowest BCUT2D eigenvalue weighted by Gasteiger charge is -2.19. The van der Waals surface area contributed by atoms with Crippen LogP contribution in [0.25, 0.3) is 0 Å². The summed E-state index contributed by atoms with van der Waals surface area (Å²) in [6.07, 6.45) is 6.16. The molecule has 1 fully saturated rings. The van der Waals surface area contributed by atoms with E-state index in [1.807, 2.05) is 12.2 Å². The Hall–Kier alpha value is -0.680. The van der Waals surface area contributed by atoms with Crippen LogP contribution in [0.2, 0.25) is 0 Å². The monoisotopic (exact) mass is 301 g/mol. The molecule has 4 unspecified atom stereocenters. The van der Waals surface area contributed by atoms with Gasteiger partial charge in [-0.3, -0.25) is 4.79 Å². The van der Waals surface area contributed by atoms with Crippen molar-refractivity contribution in [1.29, 1.82) is 0 Å². The highest BCUT2D eigenvalue weighted by atomic mass is 79.9. The maximum absolute atomic E-state index is 12.0. The zero-order valence-corrected chi connectivity index (χ0v) is 11.1. The van der Waals surface area contributed by atoms with Crippen molar-refractivity contribution >= 4 is 28.1 Å². The van der Waals surface area contributed by atoms with Crippen LogP contribution < -0.4 is 5.32 Å². The molecule has 1 saturated heterocycles. The van der Waals surface area contributed by atoms with Crippen molar-refractivity contribution in [2.75, 3.05) is 11.9 Å². The minimum atomic E-state index is -0.341. The van der Waals surface area contributed by atoms with Crippen molar-refractivity contribution < 1.29 is 14.3 Å². The largest absolute Gasteiger partial charge is 0.365 e. The number of carbonyl (C=O) groups excluding carboxylic acids is 2. The number of aldehydes is 1. The smallest absolute Gasteiger partial charge is 0.226 e. The van der Waals surface area contributed by atoms with Gasteiger partial charge in [-0.2, -0.15) is 0 Å². The average Bonchev–Trinajstić information content (AvgIpc) is 2.93. The molecule has 4 nitrogen and oxygen atoms in total. The summed E-state index contributed by atoms with van der Waals surface area (Å²) in [5.41, 5.74) is 0. The summed E-state index contributed by atoms with van der Waals surface area (Å²) >= 11 is 3.34. The summed E-state index contributed by atoms with van der Waals surface area (Å²) in [5, 5.41) is 3.82. The van der Waals surface area contributed by atoms with Gasteiger partial charge in [-0.25, -0.2) is 0 Å². The van der Waals surface area contributed by atoms with Gasteiger partial charge in [0.15, 0.2) is 0 Å². The Labute approximate surface area is 109 Å². The average molecular weight is 302 g/mol. The van der Waals surface area contributed by atoms with Gasteiger partial charge in [0.25, 0.3) is 0 Å². The van der Waals surface area contributed by atoms with Gasteiger partial charge in [-0.05, 0) is 12.8 Å². The summed E-state index contributed by atoms with van der Waals surface area (Å²) in [7, 11) is 0. The van der Waals surface area contributed by atoms with Crippen LogP contribution in [-0.4, -0.2) is 36.3 Å². The summed E-state index contributed by atoms with van der Waals surface area (Å²) in [4.78, 5) is 23.0. The number of hydrogen-bond acceptors (Lipinski definition) is 3. The minimum absolute atomic E-state index is 0.0616. The number of rotatable bonds is 6. The first kappa shape index (κ1) is 12.8. The molecule has 2 rings (SSSR count). The van der Waals surface area contributed by atoms with E-state index in [0.717, 1.165) is 24.5 Å². The molecule has 0 aromatic carbocycles. The van der Waals surface area contributed by atoms with Crippen LogP contribution in [0.3, 0.4) is 0 Å². The Balaban J connectivity index is 1.86. The molecule has 0 aromatic rings. The predicted molar refractivity (Wildman–Crippen MR) is 66.9 cm³/mol. The number of halogens is 1. The van der Waals surface area contributed by atoms with Crippen molar-refractivity contribution in [3.8, 4) is 0 Å². The fourth-order valence-corrected chi connectivity index (χ4v) is 2.77. The molecular formula is C12H16BrNO3. The Kier molecular flexibility index (Phi) is 4.34. The number of amides is 1. The van der Waals surface area contributed by atoms with E-state index in [2.05, 4.69) is 21.2 Å². The molecule has 2 heterocycles. The van der Waals surface area contributed by atoms with Gasteiger partial charge < -0.3 is 14.8 Å². The standard InChI is InChI=1S/C12H16BrNO3/c13-5-1-2-6-14-12(16)11-8(7-15)9-3-4-10(11)17-9/h3-4,7-11H,1-2,5-6H2,(H,14,16). The lowest BCUT2D eigenvalue weighted by Crippen LogP contribution is -2.40. The van der Waals surface area contributed by atoms with Gasteiger partial charge >= 0.3 is 0 Å². The van der Waals surface area contributed by atoms with Crippen LogP contribution in [-0.2, 0) is 14.3 Å². The number of fused-ring (bicyclic) bond motifs is 2. The molecule has 2 aliphatic heterocycles. The second kappa shape index (κ2) is 5.78. The van der Waals surface area contributed by atoms with Crippen LogP contribution in [0.5, 0.6) is 0 Å². The van der Waals surface area contributed by atoms with Crippen molar-refractivity contribution in [2.45, 2.75) is 25.0 Å².